The van der Waals surface area contributed by atoms with Crippen LogP contribution >= 0.6 is 0 Å². The second kappa shape index (κ2) is 9.52. The SMILES string of the molecule is O=C(NCCC(CCO)c1ccccc1)C(=O)NCc1ccco1. The molecule has 6 heteroatoms. The van der Waals surface area contributed by atoms with Crippen molar-refractivity contribution in [3.8, 4) is 0 Å². The summed E-state index contributed by atoms with van der Waals surface area (Å²) in [6.07, 6.45) is 2.78. The number of benzene rings is 1. The van der Waals surface area contributed by atoms with E-state index in [1.165, 1.54) is 6.26 Å². The number of aliphatic hydroxyl groups excluding tert-OH is 1. The molecule has 1 heterocycles. The van der Waals surface area contributed by atoms with Crippen LogP contribution in [0, 0.1) is 0 Å². The van der Waals surface area contributed by atoms with Gasteiger partial charge in [0.2, 0.25) is 0 Å². The summed E-state index contributed by atoms with van der Waals surface area (Å²) in [5, 5.41) is 14.3. The van der Waals surface area contributed by atoms with Crippen LogP contribution in [0.4, 0.5) is 0 Å². The molecule has 0 spiro atoms. The molecule has 1 unspecified atom stereocenters. The Morgan fingerprint density at radius 3 is 2.42 bits per heavy atom. The van der Waals surface area contributed by atoms with Crippen molar-refractivity contribution in [3.63, 3.8) is 0 Å². The summed E-state index contributed by atoms with van der Waals surface area (Å²) in [6.45, 7) is 0.625. The van der Waals surface area contributed by atoms with Crippen LogP contribution in [0.15, 0.2) is 53.1 Å². The fourth-order valence-corrected chi connectivity index (χ4v) is 2.46. The minimum Gasteiger partial charge on any atom is -0.467 e. The van der Waals surface area contributed by atoms with Crippen LogP contribution in [0.2, 0.25) is 0 Å². The molecule has 0 saturated carbocycles. The molecule has 0 saturated heterocycles. The smallest absolute Gasteiger partial charge is 0.309 e. The molecule has 0 aliphatic carbocycles. The fraction of sp³-hybridized carbons (Fsp3) is 0.333. The van der Waals surface area contributed by atoms with Gasteiger partial charge in [0.05, 0.1) is 12.8 Å². The Balaban J connectivity index is 1.74. The molecule has 2 amide bonds. The highest BCUT2D eigenvalue weighted by Gasteiger charge is 2.15. The van der Waals surface area contributed by atoms with E-state index in [1.807, 2.05) is 30.3 Å². The Kier molecular flexibility index (Phi) is 7.04. The van der Waals surface area contributed by atoms with Gasteiger partial charge in [-0.1, -0.05) is 30.3 Å². The number of hydrogen-bond donors (Lipinski definition) is 3. The normalized spacial score (nSPS) is 11.7. The van der Waals surface area contributed by atoms with Crippen molar-refractivity contribution in [2.75, 3.05) is 13.2 Å². The topological polar surface area (TPSA) is 91.6 Å². The maximum absolute atomic E-state index is 11.8. The van der Waals surface area contributed by atoms with E-state index in [4.69, 9.17) is 4.42 Å². The van der Waals surface area contributed by atoms with Gasteiger partial charge in [0.25, 0.3) is 0 Å². The number of amides is 2. The van der Waals surface area contributed by atoms with Crippen molar-refractivity contribution in [1.29, 1.82) is 0 Å². The third-order valence-electron chi connectivity index (χ3n) is 3.74. The van der Waals surface area contributed by atoms with E-state index in [0.29, 0.717) is 25.1 Å². The van der Waals surface area contributed by atoms with Crippen LogP contribution in [0.1, 0.15) is 30.1 Å². The summed E-state index contributed by atoms with van der Waals surface area (Å²) in [7, 11) is 0. The molecule has 2 rings (SSSR count). The van der Waals surface area contributed by atoms with Gasteiger partial charge in [-0.3, -0.25) is 9.59 Å². The number of nitrogens with one attached hydrogen (secondary N) is 2. The van der Waals surface area contributed by atoms with Crippen LogP contribution in [0.3, 0.4) is 0 Å². The van der Waals surface area contributed by atoms with Gasteiger partial charge in [-0.05, 0) is 36.5 Å². The standard InChI is InChI=1S/C18H22N2O4/c21-11-9-15(14-5-2-1-3-6-14)8-10-19-17(22)18(23)20-13-16-7-4-12-24-16/h1-7,12,15,21H,8-11,13H2,(H,19,22)(H,20,23). The van der Waals surface area contributed by atoms with Crippen molar-refractivity contribution in [2.24, 2.45) is 0 Å². The van der Waals surface area contributed by atoms with E-state index >= 15 is 0 Å². The van der Waals surface area contributed by atoms with Crippen LogP contribution in [0.25, 0.3) is 0 Å². The molecular weight excluding hydrogens is 308 g/mol. The highest BCUT2D eigenvalue weighted by molar-refractivity contribution is 6.35. The van der Waals surface area contributed by atoms with Crippen molar-refractivity contribution >= 4 is 11.8 Å². The quantitative estimate of drug-likeness (QED) is 0.641. The van der Waals surface area contributed by atoms with Crippen LogP contribution in [0.5, 0.6) is 0 Å². The summed E-state index contributed by atoms with van der Waals surface area (Å²) >= 11 is 0. The number of aliphatic hydroxyl groups is 1. The van der Waals surface area contributed by atoms with Crippen LogP contribution in [-0.4, -0.2) is 30.1 Å². The van der Waals surface area contributed by atoms with Crippen LogP contribution < -0.4 is 10.6 Å². The fourth-order valence-electron chi connectivity index (χ4n) is 2.46. The van der Waals surface area contributed by atoms with E-state index in [9.17, 15) is 14.7 Å². The molecule has 0 aliphatic rings. The second-order valence-corrected chi connectivity index (χ2v) is 5.43. The number of hydrogen-bond acceptors (Lipinski definition) is 4. The van der Waals surface area contributed by atoms with E-state index in [1.54, 1.807) is 12.1 Å². The summed E-state index contributed by atoms with van der Waals surface area (Å²) < 4.78 is 5.08. The molecule has 1 aromatic carbocycles. The van der Waals surface area contributed by atoms with E-state index in [0.717, 1.165) is 5.56 Å². The number of rotatable bonds is 8. The van der Waals surface area contributed by atoms with Gasteiger partial charge in [-0.25, -0.2) is 0 Å². The van der Waals surface area contributed by atoms with Gasteiger partial charge in [-0.2, -0.15) is 0 Å². The van der Waals surface area contributed by atoms with E-state index < -0.39 is 11.8 Å². The first-order valence-electron chi connectivity index (χ1n) is 7.95. The zero-order chi connectivity index (χ0) is 17.2. The van der Waals surface area contributed by atoms with Crippen molar-refractivity contribution < 1.29 is 19.1 Å². The predicted octanol–water partition coefficient (Wildman–Crippen LogP) is 1.57. The first kappa shape index (κ1) is 17.7. The predicted molar refractivity (Wildman–Crippen MR) is 89.1 cm³/mol. The zero-order valence-electron chi connectivity index (χ0n) is 13.4. The molecule has 2 aromatic rings. The molecule has 6 nitrogen and oxygen atoms in total. The summed E-state index contributed by atoms with van der Waals surface area (Å²) in [6, 6.07) is 13.3. The third kappa shape index (κ3) is 5.55. The Bertz CT molecular complexity index is 626. The average molecular weight is 330 g/mol. The van der Waals surface area contributed by atoms with Crippen molar-refractivity contribution in [2.45, 2.75) is 25.3 Å². The summed E-state index contributed by atoms with van der Waals surface area (Å²) in [4.78, 5) is 23.5. The first-order chi connectivity index (χ1) is 11.7. The lowest BCUT2D eigenvalue weighted by Crippen LogP contribution is -2.40. The maximum Gasteiger partial charge on any atom is 0.309 e. The van der Waals surface area contributed by atoms with Crippen molar-refractivity contribution in [3.05, 3.63) is 60.1 Å². The minimum atomic E-state index is -0.690. The van der Waals surface area contributed by atoms with Gasteiger partial charge in [0.1, 0.15) is 5.76 Å². The maximum atomic E-state index is 11.8. The lowest BCUT2D eigenvalue weighted by molar-refractivity contribution is -0.139. The van der Waals surface area contributed by atoms with Crippen molar-refractivity contribution in [1.82, 2.24) is 10.6 Å². The zero-order valence-corrected chi connectivity index (χ0v) is 13.4. The lowest BCUT2D eigenvalue weighted by atomic mass is 9.93. The largest absolute Gasteiger partial charge is 0.467 e. The number of furan rings is 1. The Labute approximate surface area is 140 Å². The van der Waals surface area contributed by atoms with E-state index in [-0.39, 0.29) is 19.1 Å². The van der Waals surface area contributed by atoms with Gasteiger partial charge in [0.15, 0.2) is 0 Å². The molecule has 128 valence electrons. The van der Waals surface area contributed by atoms with E-state index in [2.05, 4.69) is 10.6 Å². The van der Waals surface area contributed by atoms with Gasteiger partial charge in [-0.15, -0.1) is 0 Å². The molecule has 1 aromatic heterocycles. The molecule has 1 atom stereocenters. The summed E-state index contributed by atoms with van der Waals surface area (Å²) in [5.41, 5.74) is 1.11. The second-order valence-electron chi connectivity index (χ2n) is 5.43. The van der Waals surface area contributed by atoms with Crippen LogP contribution in [-0.2, 0) is 16.1 Å². The molecule has 0 aliphatic heterocycles. The Morgan fingerprint density at radius 1 is 1.00 bits per heavy atom. The first-order valence-corrected chi connectivity index (χ1v) is 7.95. The highest BCUT2D eigenvalue weighted by Crippen LogP contribution is 2.22. The molecule has 0 radical (unpaired) electrons. The average Bonchev–Trinajstić information content (AvgIpc) is 3.13. The number of carbonyl (C=O) groups is 2. The Hall–Kier alpha value is -2.60. The lowest BCUT2D eigenvalue weighted by Gasteiger charge is -2.16. The van der Waals surface area contributed by atoms with Gasteiger partial charge >= 0.3 is 11.8 Å². The van der Waals surface area contributed by atoms with Gasteiger partial charge in [0, 0.05) is 13.2 Å². The molecule has 24 heavy (non-hydrogen) atoms. The van der Waals surface area contributed by atoms with Gasteiger partial charge < -0.3 is 20.2 Å². The summed E-state index contributed by atoms with van der Waals surface area (Å²) in [5.74, 6) is -0.631. The Morgan fingerprint density at radius 2 is 1.75 bits per heavy atom. The highest BCUT2D eigenvalue weighted by atomic mass is 16.3. The number of carbonyl (C=O) groups excluding carboxylic acids is 2. The minimum absolute atomic E-state index is 0.0805. The molecular formula is C18H22N2O4. The third-order valence-corrected chi connectivity index (χ3v) is 3.74. The molecule has 0 bridgehead atoms. The monoisotopic (exact) mass is 330 g/mol. The molecule has 0 fully saturated rings. The molecule has 3 N–H and O–H groups in total.